The number of rotatable bonds is 4. The summed E-state index contributed by atoms with van der Waals surface area (Å²) in [4.78, 5) is 3.56. The molecule has 6 heteroatoms. The van der Waals surface area contributed by atoms with Crippen LogP contribution in [0.1, 0.15) is 0 Å². The van der Waals surface area contributed by atoms with Gasteiger partial charge in [0.15, 0.2) is 11.0 Å². The van der Waals surface area contributed by atoms with Crippen LogP contribution in [0.2, 0.25) is 5.02 Å². The topological polar surface area (TPSA) is 46.5 Å². The van der Waals surface area contributed by atoms with E-state index in [0.717, 1.165) is 44.4 Å². The number of thioether (sulfide) groups is 1. The Morgan fingerprint density at radius 3 is 2.34 bits per heavy atom. The van der Waals surface area contributed by atoms with Crippen LogP contribution in [-0.4, -0.2) is 26.0 Å². The van der Waals surface area contributed by atoms with Gasteiger partial charge in [-0.25, -0.2) is 0 Å². The van der Waals surface area contributed by atoms with E-state index in [-0.39, 0.29) is 0 Å². The zero-order valence-electron chi connectivity index (χ0n) is 15.6. The van der Waals surface area contributed by atoms with Gasteiger partial charge in [-0.2, -0.15) is 0 Å². The summed E-state index contributed by atoms with van der Waals surface area (Å²) in [6, 6.07) is 26.4. The highest BCUT2D eigenvalue weighted by atomic mass is 35.5. The molecule has 0 radical (unpaired) electrons. The van der Waals surface area contributed by atoms with Crippen molar-refractivity contribution in [2.75, 3.05) is 6.26 Å². The number of aromatic nitrogens is 4. The number of nitrogens with zero attached hydrogens (tertiary/aromatic N) is 3. The van der Waals surface area contributed by atoms with Crippen LogP contribution in [-0.2, 0) is 0 Å². The lowest BCUT2D eigenvalue weighted by Crippen LogP contribution is -2.00. The maximum atomic E-state index is 6.34. The Balaban J connectivity index is 1.85. The van der Waals surface area contributed by atoms with Crippen LogP contribution in [0.3, 0.4) is 0 Å². The number of hydrogen-bond acceptors (Lipinski definition) is 3. The van der Waals surface area contributed by atoms with Crippen molar-refractivity contribution in [3.05, 3.63) is 83.9 Å². The van der Waals surface area contributed by atoms with Crippen molar-refractivity contribution in [3.8, 4) is 28.3 Å². The van der Waals surface area contributed by atoms with E-state index in [2.05, 4.69) is 44.0 Å². The predicted molar refractivity (Wildman–Crippen MR) is 121 cm³/mol. The molecule has 0 atom stereocenters. The average molecular weight is 417 g/mol. The third-order valence-corrected chi connectivity index (χ3v) is 5.74. The van der Waals surface area contributed by atoms with Crippen LogP contribution in [0.5, 0.6) is 0 Å². The van der Waals surface area contributed by atoms with Crippen LogP contribution in [0.15, 0.2) is 84.0 Å². The molecule has 0 saturated carbocycles. The highest BCUT2D eigenvalue weighted by Crippen LogP contribution is 2.40. The Morgan fingerprint density at radius 1 is 0.897 bits per heavy atom. The first-order valence-electron chi connectivity index (χ1n) is 9.18. The van der Waals surface area contributed by atoms with E-state index in [1.165, 1.54) is 0 Å². The first kappa shape index (κ1) is 18.0. The monoisotopic (exact) mass is 416 g/mol. The molecule has 5 rings (SSSR count). The molecule has 29 heavy (non-hydrogen) atoms. The van der Waals surface area contributed by atoms with Gasteiger partial charge in [0.2, 0.25) is 0 Å². The lowest BCUT2D eigenvalue weighted by Gasteiger charge is -2.10. The summed E-state index contributed by atoms with van der Waals surface area (Å²) >= 11 is 7.91. The number of para-hydroxylation sites is 1. The second-order valence-electron chi connectivity index (χ2n) is 6.61. The Morgan fingerprint density at radius 2 is 1.62 bits per heavy atom. The van der Waals surface area contributed by atoms with Gasteiger partial charge >= 0.3 is 0 Å². The van der Waals surface area contributed by atoms with E-state index in [0.29, 0.717) is 5.02 Å². The quantitative estimate of drug-likeness (QED) is 0.342. The number of benzene rings is 3. The standard InChI is InChI=1S/C23H17ClN4S/c1-29-23-27-26-22(28(23)17-10-6-3-7-11-17)21-20(15-8-4-2-5-9-15)18-14-16(24)12-13-19(18)25-21/h2-14,25H,1H3. The first-order valence-corrected chi connectivity index (χ1v) is 10.8. The summed E-state index contributed by atoms with van der Waals surface area (Å²) in [5.74, 6) is 0.770. The van der Waals surface area contributed by atoms with E-state index in [1.807, 2.05) is 60.9 Å². The van der Waals surface area contributed by atoms with Gasteiger partial charge in [-0.3, -0.25) is 4.57 Å². The fourth-order valence-corrected chi connectivity index (χ4v) is 4.28. The molecule has 0 amide bonds. The summed E-state index contributed by atoms with van der Waals surface area (Å²) in [7, 11) is 0. The van der Waals surface area contributed by atoms with Gasteiger partial charge in [0.05, 0.1) is 5.69 Å². The number of nitrogens with one attached hydrogen (secondary N) is 1. The largest absolute Gasteiger partial charge is 0.351 e. The summed E-state index contributed by atoms with van der Waals surface area (Å²) in [6.07, 6.45) is 2.01. The molecule has 3 aromatic carbocycles. The second kappa shape index (κ2) is 7.43. The Kier molecular flexibility index (Phi) is 4.62. The molecule has 0 bridgehead atoms. The van der Waals surface area contributed by atoms with Crippen molar-refractivity contribution in [3.63, 3.8) is 0 Å². The number of halogens is 1. The van der Waals surface area contributed by atoms with Crippen LogP contribution in [0.4, 0.5) is 0 Å². The molecule has 0 aliphatic carbocycles. The average Bonchev–Trinajstić information content (AvgIpc) is 3.35. The van der Waals surface area contributed by atoms with Gasteiger partial charge in [-0.05, 0) is 42.2 Å². The summed E-state index contributed by atoms with van der Waals surface area (Å²) < 4.78 is 2.09. The van der Waals surface area contributed by atoms with Crippen LogP contribution < -0.4 is 0 Å². The molecular formula is C23H17ClN4S. The minimum atomic E-state index is 0.703. The minimum absolute atomic E-state index is 0.703. The zero-order chi connectivity index (χ0) is 19.8. The van der Waals surface area contributed by atoms with Crippen molar-refractivity contribution >= 4 is 34.3 Å². The van der Waals surface area contributed by atoms with Crippen LogP contribution in [0, 0.1) is 0 Å². The van der Waals surface area contributed by atoms with Gasteiger partial charge in [0, 0.05) is 27.2 Å². The highest BCUT2D eigenvalue weighted by molar-refractivity contribution is 7.98. The molecule has 0 saturated heterocycles. The van der Waals surface area contributed by atoms with Crippen LogP contribution in [0.25, 0.3) is 39.2 Å². The Hall–Kier alpha value is -3.02. The maximum Gasteiger partial charge on any atom is 0.195 e. The lowest BCUT2D eigenvalue weighted by molar-refractivity contribution is 0.888. The van der Waals surface area contributed by atoms with Gasteiger partial charge in [-0.15, -0.1) is 10.2 Å². The number of hydrogen-bond donors (Lipinski definition) is 1. The molecule has 0 aliphatic rings. The highest BCUT2D eigenvalue weighted by Gasteiger charge is 2.22. The fraction of sp³-hybridized carbons (Fsp3) is 0.0435. The summed E-state index contributed by atoms with van der Waals surface area (Å²) in [5, 5.41) is 11.6. The SMILES string of the molecule is CSc1nnc(-c2[nH]c3ccc(Cl)cc3c2-c2ccccc2)n1-c1ccccc1. The van der Waals surface area contributed by atoms with Crippen molar-refractivity contribution < 1.29 is 0 Å². The molecule has 0 unspecified atom stereocenters. The molecule has 2 heterocycles. The Labute approximate surface area is 177 Å². The summed E-state index contributed by atoms with van der Waals surface area (Å²) in [6.45, 7) is 0. The minimum Gasteiger partial charge on any atom is -0.351 e. The first-order chi connectivity index (χ1) is 14.3. The van der Waals surface area contributed by atoms with E-state index < -0.39 is 0 Å². The maximum absolute atomic E-state index is 6.34. The van der Waals surface area contributed by atoms with E-state index in [4.69, 9.17) is 11.6 Å². The Bertz CT molecular complexity index is 1290. The fourth-order valence-electron chi connectivity index (χ4n) is 3.61. The van der Waals surface area contributed by atoms with Crippen LogP contribution >= 0.6 is 23.4 Å². The van der Waals surface area contributed by atoms with Crippen molar-refractivity contribution in [1.82, 2.24) is 19.7 Å². The summed E-state index contributed by atoms with van der Waals surface area (Å²) in [5.41, 5.74) is 5.12. The third kappa shape index (κ3) is 3.12. The number of aromatic amines is 1. The molecular weight excluding hydrogens is 400 g/mol. The van der Waals surface area contributed by atoms with Gasteiger partial charge in [0.1, 0.15) is 0 Å². The zero-order valence-corrected chi connectivity index (χ0v) is 17.2. The van der Waals surface area contributed by atoms with E-state index >= 15 is 0 Å². The van der Waals surface area contributed by atoms with Crippen molar-refractivity contribution in [2.24, 2.45) is 0 Å². The smallest absolute Gasteiger partial charge is 0.195 e. The number of fused-ring (bicyclic) bond motifs is 1. The molecule has 0 spiro atoms. The molecule has 2 aromatic heterocycles. The van der Waals surface area contributed by atoms with Gasteiger partial charge in [0.25, 0.3) is 0 Å². The molecule has 4 nitrogen and oxygen atoms in total. The molecule has 1 N–H and O–H groups in total. The van der Waals surface area contributed by atoms with E-state index in [9.17, 15) is 0 Å². The third-order valence-electron chi connectivity index (χ3n) is 4.88. The number of H-pyrrole nitrogens is 1. The molecule has 142 valence electrons. The lowest BCUT2D eigenvalue weighted by atomic mass is 10.0. The van der Waals surface area contributed by atoms with Gasteiger partial charge in [-0.1, -0.05) is 71.9 Å². The van der Waals surface area contributed by atoms with Crippen molar-refractivity contribution in [2.45, 2.75) is 5.16 Å². The van der Waals surface area contributed by atoms with Crippen molar-refractivity contribution in [1.29, 1.82) is 0 Å². The second-order valence-corrected chi connectivity index (χ2v) is 7.82. The predicted octanol–water partition coefficient (Wildman–Crippen LogP) is 6.46. The van der Waals surface area contributed by atoms with Gasteiger partial charge < -0.3 is 4.98 Å². The molecule has 5 aromatic rings. The molecule has 0 aliphatic heterocycles. The molecule has 0 fully saturated rings. The van der Waals surface area contributed by atoms with E-state index in [1.54, 1.807) is 11.8 Å². The normalized spacial score (nSPS) is 11.2.